The number of nitrogens with one attached hydrogen (secondary N) is 2. The van der Waals surface area contributed by atoms with Crippen molar-refractivity contribution in [2.75, 3.05) is 0 Å². The van der Waals surface area contributed by atoms with Gasteiger partial charge in [0.05, 0.1) is 6.04 Å². The molecular formula is C16H20N2O3. The molecule has 1 saturated heterocycles. The zero-order valence-corrected chi connectivity index (χ0v) is 12.4. The number of benzene rings is 1. The van der Waals surface area contributed by atoms with E-state index in [4.69, 9.17) is 4.74 Å². The number of hydrogen-bond acceptors (Lipinski definition) is 4. The molecule has 5 nitrogen and oxygen atoms in total. The van der Waals surface area contributed by atoms with Crippen molar-refractivity contribution >= 4 is 11.8 Å². The molecule has 3 rings (SSSR count). The van der Waals surface area contributed by atoms with Crippen molar-refractivity contribution in [2.24, 2.45) is 0 Å². The maximum atomic E-state index is 11.7. The third-order valence-corrected chi connectivity index (χ3v) is 3.92. The van der Waals surface area contributed by atoms with Crippen LogP contribution in [0.25, 0.3) is 0 Å². The predicted molar refractivity (Wildman–Crippen MR) is 77.9 cm³/mol. The molecule has 2 aliphatic heterocycles. The van der Waals surface area contributed by atoms with Gasteiger partial charge in [0.1, 0.15) is 11.4 Å². The summed E-state index contributed by atoms with van der Waals surface area (Å²) in [6.07, 6.45) is 1.86. The van der Waals surface area contributed by atoms with Crippen LogP contribution < -0.4 is 15.4 Å². The van der Waals surface area contributed by atoms with Gasteiger partial charge in [0.15, 0.2) is 0 Å². The lowest BCUT2D eigenvalue weighted by Gasteiger charge is -2.22. The van der Waals surface area contributed by atoms with Gasteiger partial charge in [-0.3, -0.25) is 14.9 Å². The average molecular weight is 288 g/mol. The van der Waals surface area contributed by atoms with Crippen LogP contribution in [-0.4, -0.2) is 23.5 Å². The number of amides is 2. The van der Waals surface area contributed by atoms with Gasteiger partial charge in [0.2, 0.25) is 11.8 Å². The topological polar surface area (TPSA) is 67.4 Å². The van der Waals surface area contributed by atoms with E-state index in [1.165, 1.54) is 5.56 Å². The molecule has 2 N–H and O–H groups in total. The third-order valence-electron chi connectivity index (χ3n) is 3.92. The van der Waals surface area contributed by atoms with Gasteiger partial charge in [0, 0.05) is 19.4 Å². The molecule has 1 atom stereocenters. The summed E-state index contributed by atoms with van der Waals surface area (Å²) in [5.74, 6) is 0.539. The Labute approximate surface area is 124 Å². The number of piperidine rings is 1. The van der Waals surface area contributed by atoms with Gasteiger partial charge >= 0.3 is 0 Å². The predicted octanol–water partition coefficient (Wildman–Crippen LogP) is 1.29. The van der Waals surface area contributed by atoms with E-state index in [-0.39, 0.29) is 23.5 Å². The summed E-state index contributed by atoms with van der Waals surface area (Å²) in [6.45, 7) is 4.77. The quantitative estimate of drug-likeness (QED) is 0.823. The van der Waals surface area contributed by atoms with Crippen molar-refractivity contribution in [3.63, 3.8) is 0 Å². The number of imide groups is 1. The second-order valence-corrected chi connectivity index (χ2v) is 6.37. The molecule has 0 bridgehead atoms. The largest absolute Gasteiger partial charge is 0.487 e. The maximum Gasteiger partial charge on any atom is 0.243 e. The molecule has 112 valence electrons. The maximum absolute atomic E-state index is 11.7. The van der Waals surface area contributed by atoms with Gasteiger partial charge in [-0.25, -0.2) is 0 Å². The summed E-state index contributed by atoms with van der Waals surface area (Å²) in [5, 5.41) is 5.57. The first-order chi connectivity index (χ1) is 9.93. The van der Waals surface area contributed by atoms with Crippen LogP contribution in [0.1, 0.15) is 37.8 Å². The van der Waals surface area contributed by atoms with Crippen LogP contribution >= 0.6 is 0 Å². The fraction of sp³-hybridized carbons (Fsp3) is 0.500. The molecule has 0 radical (unpaired) electrons. The van der Waals surface area contributed by atoms with Crippen LogP contribution in [0.2, 0.25) is 0 Å². The van der Waals surface area contributed by atoms with Gasteiger partial charge < -0.3 is 10.1 Å². The van der Waals surface area contributed by atoms with Crippen molar-refractivity contribution in [3.8, 4) is 5.75 Å². The molecule has 21 heavy (non-hydrogen) atoms. The van der Waals surface area contributed by atoms with E-state index in [2.05, 4.69) is 30.5 Å². The Bertz CT molecular complexity index is 595. The average Bonchev–Trinajstić information content (AvgIpc) is 2.70. The minimum absolute atomic E-state index is 0.141. The van der Waals surface area contributed by atoms with Crippen molar-refractivity contribution in [1.82, 2.24) is 10.6 Å². The molecule has 5 heteroatoms. The molecule has 0 aromatic heterocycles. The number of fused-ring (bicyclic) bond motifs is 1. The Morgan fingerprint density at radius 1 is 1.38 bits per heavy atom. The highest BCUT2D eigenvalue weighted by Gasteiger charge is 2.30. The summed E-state index contributed by atoms with van der Waals surface area (Å²) in [7, 11) is 0. The Hall–Kier alpha value is -1.88. The van der Waals surface area contributed by atoms with E-state index in [1.807, 2.05) is 12.1 Å². The monoisotopic (exact) mass is 288 g/mol. The Morgan fingerprint density at radius 3 is 2.95 bits per heavy atom. The number of rotatable bonds is 3. The van der Waals surface area contributed by atoms with Gasteiger partial charge in [-0.1, -0.05) is 12.1 Å². The normalized spacial score (nSPS) is 23.4. The van der Waals surface area contributed by atoms with Crippen molar-refractivity contribution < 1.29 is 14.3 Å². The second-order valence-electron chi connectivity index (χ2n) is 6.37. The highest BCUT2D eigenvalue weighted by Crippen LogP contribution is 2.35. The van der Waals surface area contributed by atoms with Crippen LogP contribution in [-0.2, 0) is 22.6 Å². The first kappa shape index (κ1) is 14.1. The molecule has 2 aliphatic rings. The summed E-state index contributed by atoms with van der Waals surface area (Å²) >= 11 is 0. The summed E-state index contributed by atoms with van der Waals surface area (Å²) in [4.78, 5) is 22.8. The Balaban J connectivity index is 1.62. The standard InChI is InChI=1S/C16H20N2O3/c1-16(2)8-11-7-10(3-5-13(11)21-16)9-17-12-4-6-14(19)18-15(12)20/h3,5,7,12,17H,4,6,8-9H2,1-2H3,(H,18,19,20). The Morgan fingerprint density at radius 2 is 2.19 bits per heavy atom. The molecule has 1 fully saturated rings. The fourth-order valence-corrected chi connectivity index (χ4v) is 2.90. The summed E-state index contributed by atoms with van der Waals surface area (Å²) in [6, 6.07) is 5.84. The lowest BCUT2D eigenvalue weighted by Crippen LogP contribution is -2.50. The van der Waals surface area contributed by atoms with Crippen LogP contribution in [0, 0.1) is 0 Å². The minimum Gasteiger partial charge on any atom is -0.487 e. The van der Waals surface area contributed by atoms with E-state index in [0.717, 1.165) is 17.7 Å². The minimum atomic E-state index is -0.288. The highest BCUT2D eigenvalue weighted by atomic mass is 16.5. The zero-order valence-electron chi connectivity index (χ0n) is 12.4. The molecule has 1 aromatic carbocycles. The number of ether oxygens (including phenoxy) is 1. The molecular weight excluding hydrogens is 268 g/mol. The van der Waals surface area contributed by atoms with E-state index in [1.54, 1.807) is 0 Å². The number of hydrogen-bond donors (Lipinski definition) is 2. The highest BCUT2D eigenvalue weighted by molar-refractivity contribution is 6.00. The third kappa shape index (κ3) is 3.08. The van der Waals surface area contributed by atoms with Crippen LogP contribution in [0.5, 0.6) is 5.75 Å². The summed E-state index contributed by atoms with van der Waals surface area (Å²) < 4.78 is 5.85. The van der Waals surface area contributed by atoms with Crippen LogP contribution in [0.4, 0.5) is 0 Å². The number of carbonyl (C=O) groups excluding carboxylic acids is 2. The van der Waals surface area contributed by atoms with Gasteiger partial charge in [-0.05, 0) is 37.5 Å². The van der Waals surface area contributed by atoms with Gasteiger partial charge in [0.25, 0.3) is 0 Å². The second kappa shape index (κ2) is 5.15. The lowest BCUT2D eigenvalue weighted by molar-refractivity contribution is -0.134. The van der Waals surface area contributed by atoms with E-state index < -0.39 is 0 Å². The molecule has 1 unspecified atom stereocenters. The molecule has 0 aliphatic carbocycles. The fourth-order valence-electron chi connectivity index (χ4n) is 2.90. The van der Waals surface area contributed by atoms with Crippen molar-refractivity contribution in [2.45, 2.75) is 51.3 Å². The first-order valence-corrected chi connectivity index (χ1v) is 7.31. The molecule has 0 saturated carbocycles. The summed E-state index contributed by atoms with van der Waals surface area (Å²) in [5.41, 5.74) is 2.19. The van der Waals surface area contributed by atoms with E-state index in [0.29, 0.717) is 19.4 Å². The number of carbonyl (C=O) groups is 2. The SMILES string of the molecule is CC1(C)Cc2cc(CNC3CCC(=O)NC3=O)ccc2O1. The van der Waals surface area contributed by atoms with Gasteiger partial charge in [-0.2, -0.15) is 0 Å². The lowest BCUT2D eigenvalue weighted by atomic mass is 10.00. The van der Waals surface area contributed by atoms with E-state index in [9.17, 15) is 9.59 Å². The molecule has 2 amide bonds. The zero-order chi connectivity index (χ0) is 15.0. The first-order valence-electron chi connectivity index (χ1n) is 7.31. The molecule has 1 aromatic rings. The van der Waals surface area contributed by atoms with Crippen LogP contribution in [0.15, 0.2) is 18.2 Å². The molecule has 2 heterocycles. The van der Waals surface area contributed by atoms with Crippen LogP contribution in [0.3, 0.4) is 0 Å². The van der Waals surface area contributed by atoms with Crippen molar-refractivity contribution in [1.29, 1.82) is 0 Å². The molecule has 0 spiro atoms. The van der Waals surface area contributed by atoms with Gasteiger partial charge in [-0.15, -0.1) is 0 Å². The smallest absolute Gasteiger partial charge is 0.243 e. The van der Waals surface area contributed by atoms with Crippen molar-refractivity contribution in [3.05, 3.63) is 29.3 Å². The Kier molecular flexibility index (Phi) is 3.45. The van der Waals surface area contributed by atoms with E-state index >= 15 is 0 Å².